The number of amides is 1. The van der Waals surface area contributed by atoms with E-state index in [-0.39, 0.29) is 18.3 Å². The summed E-state index contributed by atoms with van der Waals surface area (Å²) in [5.41, 5.74) is 1.98. The highest BCUT2D eigenvalue weighted by Gasteiger charge is 2.25. The molecular formula is C19H23ClN4OS. The van der Waals surface area contributed by atoms with Crippen molar-refractivity contribution in [3.63, 3.8) is 0 Å². The Bertz CT molecular complexity index is 899. The lowest BCUT2D eigenvalue weighted by Gasteiger charge is -2.31. The molecule has 0 atom stereocenters. The van der Waals surface area contributed by atoms with Crippen LogP contribution in [-0.2, 0) is 0 Å². The van der Waals surface area contributed by atoms with Gasteiger partial charge in [0.05, 0.1) is 16.3 Å². The van der Waals surface area contributed by atoms with Crippen molar-refractivity contribution in [1.82, 2.24) is 20.0 Å². The van der Waals surface area contributed by atoms with E-state index in [4.69, 9.17) is 0 Å². The highest BCUT2D eigenvalue weighted by Crippen LogP contribution is 2.31. The molecule has 1 aliphatic rings. The van der Waals surface area contributed by atoms with Crippen molar-refractivity contribution in [3.8, 4) is 5.69 Å². The number of nitrogens with zero attached hydrogens (tertiary/aromatic N) is 3. The number of carbonyl (C=O) groups is 1. The van der Waals surface area contributed by atoms with E-state index in [1.54, 1.807) is 0 Å². The number of para-hydroxylation sites is 1. The van der Waals surface area contributed by atoms with Crippen LogP contribution >= 0.6 is 23.7 Å². The molecule has 4 rings (SSSR count). The first-order valence-corrected chi connectivity index (χ1v) is 9.49. The number of hydrogen-bond acceptors (Lipinski definition) is 4. The molecule has 1 fully saturated rings. The topological polar surface area (TPSA) is 50.2 Å². The summed E-state index contributed by atoms with van der Waals surface area (Å²) >= 11 is 1.53. The lowest BCUT2D eigenvalue weighted by molar-refractivity contribution is 0.0708. The van der Waals surface area contributed by atoms with E-state index in [9.17, 15) is 4.79 Å². The zero-order chi connectivity index (χ0) is 17.4. The van der Waals surface area contributed by atoms with E-state index in [0.29, 0.717) is 6.04 Å². The van der Waals surface area contributed by atoms with Gasteiger partial charge < -0.3 is 10.2 Å². The van der Waals surface area contributed by atoms with E-state index in [1.165, 1.54) is 11.3 Å². The van der Waals surface area contributed by atoms with Crippen LogP contribution in [0.25, 0.3) is 15.9 Å². The van der Waals surface area contributed by atoms with Gasteiger partial charge in [0.2, 0.25) is 0 Å². The summed E-state index contributed by atoms with van der Waals surface area (Å²) in [6, 6.07) is 12.4. The average Bonchev–Trinajstić information content (AvgIpc) is 3.23. The van der Waals surface area contributed by atoms with Gasteiger partial charge in [0.1, 0.15) is 4.83 Å². The first kappa shape index (κ1) is 18.9. The Labute approximate surface area is 163 Å². The summed E-state index contributed by atoms with van der Waals surface area (Å²) in [4.78, 5) is 16.7. The van der Waals surface area contributed by atoms with Gasteiger partial charge in [-0.1, -0.05) is 18.2 Å². The second-order valence-corrected chi connectivity index (χ2v) is 7.59. The van der Waals surface area contributed by atoms with E-state index in [2.05, 4.69) is 10.4 Å². The van der Waals surface area contributed by atoms with Crippen molar-refractivity contribution in [1.29, 1.82) is 0 Å². The van der Waals surface area contributed by atoms with Gasteiger partial charge in [0.25, 0.3) is 5.91 Å². The molecule has 1 N–H and O–H groups in total. The summed E-state index contributed by atoms with van der Waals surface area (Å²) in [7, 11) is 1.93. The highest BCUT2D eigenvalue weighted by molar-refractivity contribution is 7.20. The largest absolute Gasteiger partial charge is 0.338 e. The van der Waals surface area contributed by atoms with E-state index in [1.807, 2.05) is 60.0 Å². The Kier molecular flexibility index (Phi) is 5.65. The number of aromatic nitrogens is 2. The molecule has 1 saturated heterocycles. The fourth-order valence-corrected chi connectivity index (χ4v) is 4.60. The second-order valence-electron chi connectivity index (χ2n) is 6.56. The molecule has 3 aromatic rings. The van der Waals surface area contributed by atoms with Crippen molar-refractivity contribution in [3.05, 3.63) is 47.0 Å². The summed E-state index contributed by atoms with van der Waals surface area (Å²) < 4.78 is 1.94. The van der Waals surface area contributed by atoms with Crippen LogP contribution in [0, 0.1) is 6.92 Å². The molecule has 26 heavy (non-hydrogen) atoms. The number of halogens is 1. The van der Waals surface area contributed by atoms with Crippen LogP contribution < -0.4 is 5.32 Å². The van der Waals surface area contributed by atoms with Crippen molar-refractivity contribution in [2.45, 2.75) is 25.8 Å². The number of nitrogens with one attached hydrogen (secondary N) is 1. The molecule has 1 aromatic carbocycles. The molecule has 0 aliphatic carbocycles. The third-order valence-electron chi connectivity index (χ3n) is 4.93. The van der Waals surface area contributed by atoms with Gasteiger partial charge in [-0.3, -0.25) is 4.79 Å². The maximum atomic E-state index is 13.0. The third-order valence-corrected chi connectivity index (χ3v) is 6.03. The van der Waals surface area contributed by atoms with Gasteiger partial charge in [0, 0.05) is 18.5 Å². The Hall–Kier alpha value is -1.89. The van der Waals surface area contributed by atoms with Crippen LogP contribution in [0.1, 0.15) is 28.2 Å². The Morgan fingerprint density at radius 2 is 1.96 bits per heavy atom. The van der Waals surface area contributed by atoms with E-state index < -0.39 is 0 Å². The molecule has 2 aromatic heterocycles. The fourth-order valence-electron chi connectivity index (χ4n) is 3.43. The normalized spacial score (nSPS) is 15.0. The molecular weight excluding hydrogens is 368 g/mol. The number of piperidine rings is 1. The predicted octanol–water partition coefficient (Wildman–Crippen LogP) is 3.64. The number of benzene rings is 1. The van der Waals surface area contributed by atoms with Crippen LogP contribution in [0.3, 0.4) is 0 Å². The first-order chi connectivity index (χ1) is 12.1. The Balaban J connectivity index is 0.00000196. The van der Waals surface area contributed by atoms with Crippen molar-refractivity contribution < 1.29 is 4.79 Å². The lowest BCUT2D eigenvalue weighted by atomic mass is 10.1. The number of thiophene rings is 1. The Morgan fingerprint density at radius 3 is 2.65 bits per heavy atom. The van der Waals surface area contributed by atoms with Crippen LogP contribution in [0.4, 0.5) is 0 Å². The summed E-state index contributed by atoms with van der Waals surface area (Å²) in [5, 5.41) is 9.07. The van der Waals surface area contributed by atoms with Crippen LogP contribution in [0.5, 0.6) is 0 Å². The van der Waals surface area contributed by atoms with Crippen LogP contribution in [0.15, 0.2) is 36.4 Å². The smallest absolute Gasteiger partial charge is 0.264 e. The van der Waals surface area contributed by atoms with Crippen LogP contribution in [0.2, 0.25) is 0 Å². The van der Waals surface area contributed by atoms with Gasteiger partial charge in [-0.25, -0.2) is 4.68 Å². The quantitative estimate of drug-likeness (QED) is 0.742. The minimum Gasteiger partial charge on any atom is -0.338 e. The van der Waals surface area contributed by atoms with Gasteiger partial charge in [-0.2, -0.15) is 5.10 Å². The van der Waals surface area contributed by atoms with Gasteiger partial charge in [-0.05, 0) is 51.1 Å². The maximum Gasteiger partial charge on any atom is 0.264 e. The van der Waals surface area contributed by atoms with Gasteiger partial charge >= 0.3 is 0 Å². The number of aryl methyl sites for hydroxylation is 1. The maximum absolute atomic E-state index is 13.0. The predicted molar refractivity (Wildman–Crippen MR) is 109 cm³/mol. The highest BCUT2D eigenvalue weighted by atomic mass is 35.5. The molecule has 1 aliphatic heterocycles. The molecule has 5 nitrogen and oxygen atoms in total. The molecule has 0 saturated carbocycles. The monoisotopic (exact) mass is 390 g/mol. The molecule has 3 heterocycles. The minimum absolute atomic E-state index is 0. The van der Waals surface area contributed by atoms with Gasteiger partial charge in [-0.15, -0.1) is 23.7 Å². The Morgan fingerprint density at radius 1 is 1.27 bits per heavy atom. The first-order valence-electron chi connectivity index (χ1n) is 8.67. The summed E-state index contributed by atoms with van der Waals surface area (Å²) in [5.74, 6) is 0.118. The fraction of sp³-hybridized carbons (Fsp3) is 0.368. The SMILES string of the molecule is Cc1nn(-c2ccccc2)c2sc(C(=O)N(C)C3CCNCC3)cc12.Cl. The van der Waals surface area contributed by atoms with Gasteiger partial charge in [0.15, 0.2) is 0 Å². The molecule has 0 radical (unpaired) electrons. The number of hydrogen-bond donors (Lipinski definition) is 1. The van der Waals surface area contributed by atoms with Crippen molar-refractivity contribution >= 4 is 39.9 Å². The van der Waals surface area contributed by atoms with E-state index >= 15 is 0 Å². The average molecular weight is 391 g/mol. The lowest BCUT2D eigenvalue weighted by Crippen LogP contribution is -2.43. The second kappa shape index (κ2) is 7.78. The summed E-state index contributed by atoms with van der Waals surface area (Å²) in [6.45, 7) is 3.97. The number of carbonyl (C=O) groups excluding carboxylic acids is 1. The number of fused-ring (bicyclic) bond motifs is 1. The zero-order valence-corrected chi connectivity index (χ0v) is 16.6. The molecule has 138 valence electrons. The molecule has 0 spiro atoms. The standard InChI is InChI=1S/C19H22N4OS.ClH/c1-13-16-12-17(18(24)22(2)14-8-10-20-11-9-14)25-19(16)23(21-13)15-6-4-3-5-7-15;/h3-7,12,14,20H,8-11H2,1-2H3;1H. The van der Waals surface area contributed by atoms with Crippen molar-refractivity contribution in [2.24, 2.45) is 0 Å². The summed E-state index contributed by atoms with van der Waals surface area (Å²) in [6.07, 6.45) is 2.04. The van der Waals surface area contributed by atoms with Crippen molar-refractivity contribution in [2.75, 3.05) is 20.1 Å². The van der Waals surface area contributed by atoms with Crippen LogP contribution in [-0.4, -0.2) is 46.8 Å². The molecule has 0 bridgehead atoms. The molecule has 0 unspecified atom stereocenters. The zero-order valence-electron chi connectivity index (χ0n) is 14.9. The molecule has 7 heteroatoms. The minimum atomic E-state index is 0. The third kappa shape index (κ3) is 3.37. The van der Waals surface area contributed by atoms with E-state index in [0.717, 1.165) is 52.4 Å². The molecule has 1 amide bonds. The number of rotatable bonds is 3.